The maximum Gasteiger partial charge on any atom is 0.314 e. The van der Waals surface area contributed by atoms with Gasteiger partial charge in [-0.1, -0.05) is 31.4 Å². The highest BCUT2D eigenvalue weighted by molar-refractivity contribution is 5.82. The number of carbonyl (C=O) groups excluding carboxylic acids is 2. The van der Waals surface area contributed by atoms with Crippen molar-refractivity contribution in [3.8, 4) is 0 Å². The molecule has 2 fully saturated rings. The van der Waals surface area contributed by atoms with Crippen LogP contribution in [-0.2, 0) is 20.7 Å². The van der Waals surface area contributed by atoms with Crippen molar-refractivity contribution in [1.29, 1.82) is 0 Å². The van der Waals surface area contributed by atoms with Crippen LogP contribution in [-0.4, -0.2) is 36.5 Å². The zero-order valence-electron chi connectivity index (χ0n) is 16.2. The molecule has 1 amide bonds. The highest BCUT2D eigenvalue weighted by Gasteiger charge is 2.45. The summed E-state index contributed by atoms with van der Waals surface area (Å²) in [7, 11) is 0. The molecule has 1 atom stereocenters. The molecule has 0 N–H and O–H groups in total. The number of benzene rings is 1. The first-order valence-electron chi connectivity index (χ1n) is 10.2. The average Bonchev–Trinajstić information content (AvgIpc) is 2.70. The topological polar surface area (TPSA) is 46.6 Å². The molecule has 3 rings (SSSR count). The second-order valence-electron chi connectivity index (χ2n) is 8.00. The lowest BCUT2D eigenvalue weighted by Crippen LogP contribution is -2.53. The normalized spacial score (nSPS) is 23.9. The second-order valence-corrected chi connectivity index (χ2v) is 8.00. The standard InChI is InChI=1S/C22H30FNO3/c1-2-27-21(26)22(15-17-9-11-19(23)12-10-17)13-6-14-24(16-22)20(25)18-7-4-3-5-8-18/h9-12,18H,2-8,13-16H2,1H3/t22-/m1/s1. The van der Waals surface area contributed by atoms with Crippen LogP contribution in [0.4, 0.5) is 4.39 Å². The van der Waals surface area contributed by atoms with Crippen LogP contribution in [0.15, 0.2) is 24.3 Å². The van der Waals surface area contributed by atoms with Gasteiger partial charge in [0.2, 0.25) is 5.91 Å². The molecule has 1 saturated heterocycles. The number of nitrogens with zero attached hydrogens (tertiary/aromatic N) is 1. The Labute approximate surface area is 161 Å². The average molecular weight is 375 g/mol. The van der Waals surface area contributed by atoms with Gasteiger partial charge in [-0.25, -0.2) is 4.39 Å². The highest BCUT2D eigenvalue weighted by Crippen LogP contribution is 2.37. The van der Waals surface area contributed by atoms with Crippen molar-refractivity contribution >= 4 is 11.9 Å². The van der Waals surface area contributed by atoms with Crippen molar-refractivity contribution in [3.05, 3.63) is 35.6 Å². The monoisotopic (exact) mass is 375 g/mol. The maximum atomic E-state index is 13.3. The van der Waals surface area contributed by atoms with E-state index in [1.54, 1.807) is 19.1 Å². The van der Waals surface area contributed by atoms with E-state index in [1.165, 1.54) is 18.6 Å². The molecule has 0 spiro atoms. The largest absolute Gasteiger partial charge is 0.466 e. The van der Waals surface area contributed by atoms with Crippen LogP contribution in [0, 0.1) is 17.2 Å². The third kappa shape index (κ3) is 4.69. The van der Waals surface area contributed by atoms with Crippen molar-refractivity contribution in [1.82, 2.24) is 4.90 Å². The lowest BCUT2D eigenvalue weighted by molar-refractivity contribution is -0.161. The van der Waals surface area contributed by atoms with E-state index in [4.69, 9.17) is 4.74 Å². The van der Waals surface area contributed by atoms with Crippen molar-refractivity contribution in [2.24, 2.45) is 11.3 Å². The van der Waals surface area contributed by atoms with Crippen LogP contribution >= 0.6 is 0 Å². The number of esters is 1. The van der Waals surface area contributed by atoms with E-state index >= 15 is 0 Å². The molecular weight excluding hydrogens is 345 g/mol. The number of rotatable bonds is 5. The fraction of sp³-hybridized carbons (Fsp3) is 0.636. The molecule has 1 aliphatic carbocycles. The fourth-order valence-electron chi connectivity index (χ4n) is 4.59. The van der Waals surface area contributed by atoms with E-state index < -0.39 is 5.41 Å². The Hall–Kier alpha value is -1.91. The van der Waals surface area contributed by atoms with E-state index in [0.717, 1.165) is 37.7 Å². The Kier molecular flexibility index (Phi) is 6.51. The van der Waals surface area contributed by atoms with Crippen LogP contribution in [0.2, 0.25) is 0 Å². The lowest BCUT2D eigenvalue weighted by Gasteiger charge is -2.42. The minimum Gasteiger partial charge on any atom is -0.466 e. The van der Waals surface area contributed by atoms with E-state index in [9.17, 15) is 14.0 Å². The van der Waals surface area contributed by atoms with Gasteiger partial charge in [0.05, 0.1) is 12.0 Å². The lowest BCUT2D eigenvalue weighted by atomic mass is 9.74. The van der Waals surface area contributed by atoms with Gasteiger partial charge >= 0.3 is 5.97 Å². The van der Waals surface area contributed by atoms with E-state index in [2.05, 4.69) is 0 Å². The molecule has 5 heteroatoms. The molecular formula is C22H30FNO3. The number of ether oxygens (including phenoxy) is 1. The molecule has 2 aliphatic rings. The summed E-state index contributed by atoms with van der Waals surface area (Å²) in [4.78, 5) is 27.8. The molecule has 0 unspecified atom stereocenters. The first kappa shape index (κ1) is 19.8. The number of halogens is 1. The molecule has 1 heterocycles. The van der Waals surface area contributed by atoms with Crippen molar-refractivity contribution < 1.29 is 18.7 Å². The number of hydrogen-bond acceptors (Lipinski definition) is 3. The Morgan fingerprint density at radius 1 is 1.15 bits per heavy atom. The van der Waals surface area contributed by atoms with Crippen LogP contribution in [0.5, 0.6) is 0 Å². The van der Waals surface area contributed by atoms with Crippen LogP contribution in [0.1, 0.15) is 57.4 Å². The SMILES string of the molecule is CCOC(=O)[C@@]1(Cc2ccc(F)cc2)CCCN(C(=O)C2CCCCC2)C1. The van der Waals surface area contributed by atoms with Gasteiger partial charge in [-0.2, -0.15) is 0 Å². The van der Waals surface area contributed by atoms with Crippen LogP contribution in [0.3, 0.4) is 0 Å². The summed E-state index contributed by atoms with van der Waals surface area (Å²) in [6.45, 7) is 3.23. The number of piperidine rings is 1. The molecule has 0 aromatic heterocycles. The van der Waals surface area contributed by atoms with Gasteiger partial charge in [0.25, 0.3) is 0 Å². The van der Waals surface area contributed by atoms with Gasteiger partial charge in [-0.05, 0) is 56.7 Å². The molecule has 1 aromatic carbocycles. The predicted molar refractivity (Wildman–Crippen MR) is 102 cm³/mol. The third-order valence-electron chi connectivity index (χ3n) is 6.01. The minimum absolute atomic E-state index is 0.0996. The van der Waals surface area contributed by atoms with Gasteiger partial charge in [-0.15, -0.1) is 0 Å². The molecule has 1 aromatic rings. The number of hydrogen-bond donors (Lipinski definition) is 0. The van der Waals surface area contributed by atoms with Crippen molar-refractivity contribution in [3.63, 3.8) is 0 Å². The number of likely N-dealkylation sites (tertiary alicyclic amines) is 1. The van der Waals surface area contributed by atoms with Crippen LogP contribution < -0.4 is 0 Å². The van der Waals surface area contributed by atoms with E-state index in [1.807, 2.05) is 4.90 Å². The molecule has 1 aliphatic heterocycles. The Balaban J connectivity index is 1.79. The highest BCUT2D eigenvalue weighted by atomic mass is 19.1. The Morgan fingerprint density at radius 2 is 1.85 bits per heavy atom. The fourth-order valence-corrected chi connectivity index (χ4v) is 4.59. The second kappa shape index (κ2) is 8.85. The summed E-state index contributed by atoms with van der Waals surface area (Å²) >= 11 is 0. The molecule has 4 nitrogen and oxygen atoms in total. The first-order valence-corrected chi connectivity index (χ1v) is 10.2. The zero-order valence-corrected chi connectivity index (χ0v) is 16.2. The van der Waals surface area contributed by atoms with Gasteiger partial charge in [0.15, 0.2) is 0 Å². The predicted octanol–water partition coefficient (Wildman–Crippen LogP) is 4.12. The smallest absolute Gasteiger partial charge is 0.314 e. The molecule has 0 radical (unpaired) electrons. The van der Waals surface area contributed by atoms with Gasteiger partial charge in [0, 0.05) is 19.0 Å². The first-order chi connectivity index (χ1) is 13.0. The quantitative estimate of drug-likeness (QED) is 0.727. The summed E-state index contributed by atoms with van der Waals surface area (Å²) < 4.78 is 18.7. The van der Waals surface area contributed by atoms with Gasteiger partial charge < -0.3 is 9.64 Å². The summed E-state index contributed by atoms with van der Waals surface area (Å²) in [6.07, 6.45) is 7.31. The van der Waals surface area contributed by atoms with Crippen LogP contribution in [0.25, 0.3) is 0 Å². The summed E-state index contributed by atoms with van der Waals surface area (Å²) in [5.74, 6) is -0.234. The molecule has 1 saturated carbocycles. The van der Waals surface area contributed by atoms with E-state index in [0.29, 0.717) is 32.5 Å². The summed E-state index contributed by atoms with van der Waals surface area (Å²) in [5, 5.41) is 0. The number of carbonyl (C=O) groups is 2. The molecule has 148 valence electrons. The van der Waals surface area contributed by atoms with Gasteiger partial charge in [-0.3, -0.25) is 9.59 Å². The van der Waals surface area contributed by atoms with E-state index in [-0.39, 0.29) is 23.6 Å². The zero-order chi connectivity index (χ0) is 19.3. The molecule has 27 heavy (non-hydrogen) atoms. The maximum absolute atomic E-state index is 13.3. The summed E-state index contributed by atoms with van der Waals surface area (Å²) in [6, 6.07) is 6.28. The Bertz CT molecular complexity index is 654. The minimum atomic E-state index is -0.740. The van der Waals surface area contributed by atoms with Crippen molar-refractivity contribution in [2.45, 2.75) is 58.3 Å². The molecule has 0 bridgehead atoms. The summed E-state index contributed by atoms with van der Waals surface area (Å²) in [5.41, 5.74) is 0.160. The Morgan fingerprint density at radius 3 is 2.52 bits per heavy atom. The third-order valence-corrected chi connectivity index (χ3v) is 6.01. The van der Waals surface area contributed by atoms with Crippen molar-refractivity contribution in [2.75, 3.05) is 19.7 Å². The van der Waals surface area contributed by atoms with Gasteiger partial charge in [0.1, 0.15) is 5.82 Å². The number of amides is 1.